The standard InChI is InChI=1S/C12H17N3O3.ClH/c1-7(2)11(13)12(16)14-9-5-4-8(3)10(6-9)15(17)18;/h4-7,11H,13H2,1-3H3,(H,14,16);1H/t11-;/m1./s1. The maximum absolute atomic E-state index is 11.7. The fourth-order valence-corrected chi connectivity index (χ4v) is 1.41. The van der Waals surface area contributed by atoms with Crippen molar-refractivity contribution in [1.29, 1.82) is 0 Å². The minimum Gasteiger partial charge on any atom is -0.324 e. The van der Waals surface area contributed by atoms with Gasteiger partial charge in [-0.05, 0) is 18.9 Å². The van der Waals surface area contributed by atoms with E-state index in [0.29, 0.717) is 11.3 Å². The van der Waals surface area contributed by atoms with Crippen LogP contribution in [0.1, 0.15) is 19.4 Å². The van der Waals surface area contributed by atoms with Gasteiger partial charge in [-0.25, -0.2) is 0 Å². The van der Waals surface area contributed by atoms with E-state index in [1.807, 2.05) is 13.8 Å². The summed E-state index contributed by atoms with van der Waals surface area (Å²) in [5, 5.41) is 13.3. The molecule has 3 N–H and O–H groups in total. The number of halogens is 1. The van der Waals surface area contributed by atoms with Gasteiger partial charge in [-0.3, -0.25) is 14.9 Å². The Morgan fingerprint density at radius 3 is 2.47 bits per heavy atom. The number of rotatable bonds is 4. The number of nitro benzene ring substituents is 1. The van der Waals surface area contributed by atoms with Crippen molar-refractivity contribution in [3.63, 3.8) is 0 Å². The summed E-state index contributed by atoms with van der Waals surface area (Å²) in [6.45, 7) is 5.31. The summed E-state index contributed by atoms with van der Waals surface area (Å²) < 4.78 is 0. The van der Waals surface area contributed by atoms with E-state index in [9.17, 15) is 14.9 Å². The molecule has 0 unspecified atom stereocenters. The van der Waals surface area contributed by atoms with Gasteiger partial charge in [0.2, 0.25) is 5.91 Å². The molecule has 0 bridgehead atoms. The van der Waals surface area contributed by atoms with Gasteiger partial charge in [0.1, 0.15) is 0 Å². The topological polar surface area (TPSA) is 98.3 Å². The Hall–Kier alpha value is -1.66. The lowest BCUT2D eigenvalue weighted by molar-refractivity contribution is -0.385. The zero-order chi connectivity index (χ0) is 13.9. The third-order valence-electron chi connectivity index (χ3n) is 2.69. The number of hydrogen-bond acceptors (Lipinski definition) is 4. The van der Waals surface area contributed by atoms with Crippen LogP contribution in [0.3, 0.4) is 0 Å². The highest BCUT2D eigenvalue weighted by atomic mass is 35.5. The Morgan fingerprint density at radius 2 is 2.00 bits per heavy atom. The molecule has 0 aromatic heterocycles. The molecule has 0 heterocycles. The van der Waals surface area contributed by atoms with Crippen LogP contribution in [0, 0.1) is 23.0 Å². The number of nitrogens with zero attached hydrogens (tertiary/aromatic N) is 1. The number of carbonyl (C=O) groups is 1. The van der Waals surface area contributed by atoms with E-state index in [2.05, 4.69) is 5.32 Å². The van der Waals surface area contributed by atoms with Crippen LogP contribution in [-0.2, 0) is 4.79 Å². The monoisotopic (exact) mass is 287 g/mol. The van der Waals surface area contributed by atoms with Gasteiger partial charge in [0.15, 0.2) is 0 Å². The number of benzene rings is 1. The minimum atomic E-state index is -0.634. The molecule has 6 nitrogen and oxygen atoms in total. The molecule has 0 fully saturated rings. The van der Waals surface area contributed by atoms with Gasteiger partial charge < -0.3 is 11.1 Å². The number of nitrogens with one attached hydrogen (secondary N) is 1. The fraction of sp³-hybridized carbons (Fsp3) is 0.417. The predicted octanol–water partition coefficient (Wildman–Crippen LogP) is 2.25. The van der Waals surface area contributed by atoms with Crippen molar-refractivity contribution in [3.8, 4) is 0 Å². The Balaban J connectivity index is 0.00000324. The molecule has 0 aliphatic rings. The number of nitrogens with two attached hydrogens (primary N) is 1. The first-order valence-corrected chi connectivity index (χ1v) is 5.64. The molecular formula is C12H18ClN3O3. The first-order valence-electron chi connectivity index (χ1n) is 5.64. The van der Waals surface area contributed by atoms with Gasteiger partial charge in [-0.2, -0.15) is 0 Å². The molecule has 0 saturated heterocycles. The molecular weight excluding hydrogens is 270 g/mol. The molecule has 106 valence electrons. The smallest absolute Gasteiger partial charge is 0.274 e. The summed E-state index contributed by atoms with van der Waals surface area (Å²) in [4.78, 5) is 22.0. The van der Waals surface area contributed by atoms with Crippen LogP contribution in [0.25, 0.3) is 0 Å². The third kappa shape index (κ3) is 4.50. The molecule has 0 radical (unpaired) electrons. The average molecular weight is 288 g/mol. The summed E-state index contributed by atoms with van der Waals surface area (Å²) in [6, 6.07) is 3.91. The highest BCUT2D eigenvalue weighted by Gasteiger charge is 2.18. The molecule has 1 atom stereocenters. The van der Waals surface area contributed by atoms with Crippen LogP contribution >= 0.6 is 12.4 Å². The summed E-state index contributed by atoms with van der Waals surface area (Å²) >= 11 is 0. The van der Waals surface area contributed by atoms with E-state index in [0.717, 1.165) is 0 Å². The van der Waals surface area contributed by atoms with Crippen LogP contribution < -0.4 is 11.1 Å². The highest BCUT2D eigenvalue weighted by molar-refractivity contribution is 5.95. The predicted molar refractivity (Wildman–Crippen MR) is 76.5 cm³/mol. The van der Waals surface area contributed by atoms with Crippen LogP contribution in [0.4, 0.5) is 11.4 Å². The van der Waals surface area contributed by atoms with Gasteiger partial charge in [-0.1, -0.05) is 19.9 Å². The summed E-state index contributed by atoms with van der Waals surface area (Å²) in [5.74, 6) is -0.339. The normalized spacial score (nSPS) is 11.6. The Kier molecular flexibility index (Phi) is 6.44. The number of amides is 1. The minimum absolute atomic E-state index is 0. The number of carbonyl (C=O) groups excluding carboxylic acids is 1. The lowest BCUT2D eigenvalue weighted by Crippen LogP contribution is -2.39. The summed E-state index contributed by atoms with van der Waals surface area (Å²) in [6.07, 6.45) is 0. The van der Waals surface area contributed by atoms with Gasteiger partial charge in [0, 0.05) is 17.3 Å². The van der Waals surface area contributed by atoms with Gasteiger partial charge in [-0.15, -0.1) is 12.4 Å². The second-order valence-electron chi connectivity index (χ2n) is 4.52. The molecule has 0 aliphatic carbocycles. The second kappa shape index (κ2) is 7.06. The zero-order valence-electron chi connectivity index (χ0n) is 11.0. The van der Waals surface area contributed by atoms with Crippen LogP contribution in [0.15, 0.2) is 18.2 Å². The second-order valence-corrected chi connectivity index (χ2v) is 4.52. The average Bonchev–Trinajstić information content (AvgIpc) is 2.29. The Morgan fingerprint density at radius 1 is 1.42 bits per heavy atom. The van der Waals surface area contributed by atoms with E-state index in [-0.39, 0.29) is 29.9 Å². The highest BCUT2D eigenvalue weighted by Crippen LogP contribution is 2.22. The van der Waals surface area contributed by atoms with Crippen molar-refractivity contribution >= 4 is 29.7 Å². The van der Waals surface area contributed by atoms with Gasteiger partial charge >= 0.3 is 0 Å². The largest absolute Gasteiger partial charge is 0.324 e. The summed E-state index contributed by atoms with van der Waals surface area (Å²) in [7, 11) is 0. The lowest BCUT2D eigenvalue weighted by atomic mass is 10.0. The van der Waals surface area contributed by atoms with Gasteiger partial charge in [0.25, 0.3) is 5.69 Å². The Labute approximate surface area is 117 Å². The number of aryl methyl sites for hydroxylation is 1. The van der Waals surface area contributed by atoms with E-state index >= 15 is 0 Å². The van der Waals surface area contributed by atoms with Gasteiger partial charge in [0.05, 0.1) is 11.0 Å². The molecule has 7 heteroatoms. The molecule has 1 amide bonds. The number of hydrogen-bond donors (Lipinski definition) is 2. The van der Waals surface area contributed by atoms with Crippen molar-refractivity contribution in [2.75, 3.05) is 5.32 Å². The number of nitro groups is 1. The molecule has 1 aromatic rings. The van der Waals surface area contributed by atoms with E-state index in [1.54, 1.807) is 19.1 Å². The van der Waals surface area contributed by atoms with Crippen LogP contribution in [-0.4, -0.2) is 16.9 Å². The van der Waals surface area contributed by atoms with E-state index in [1.165, 1.54) is 6.07 Å². The van der Waals surface area contributed by atoms with E-state index < -0.39 is 11.0 Å². The molecule has 0 spiro atoms. The lowest BCUT2D eigenvalue weighted by Gasteiger charge is -2.15. The van der Waals surface area contributed by atoms with Crippen molar-refractivity contribution < 1.29 is 9.72 Å². The first-order chi connectivity index (χ1) is 8.32. The number of anilines is 1. The van der Waals surface area contributed by atoms with Crippen molar-refractivity contribution in [1.82, 2.24) is 0 Å². The molecule has 1 aromatic carbocycles. The maximum atomic E-state index is 11.7. The quantitative estimate of drug-likeness (QED) is 0.655. The van der Waals surface area contributed by atoms with Crippen LogP contribution in [0.5, 0.6) is 0 Å². The van der Waals surface area contributed by atoms with Crippen molar-refractivity contribution in [2.24, 2.45) is 11.7 Å². The summed E-state index contributed by atoms with van der Waals surface area (Å²) in [5.41, 5.74) is 6.60. The Bertz CT molecular complexity index is 477. The van der Waals surface area contributed by atoms with Crippen molar-refractivity contribution in [3.05, 3.63) is 33.9 Å². The van der Waals surface area contributed by atoms with Crippen LogP contribution in [0.2, 0.25) is 0 Å². The maximum Gasteiger partial charge on any atom is 0.274 e. The molecule has 0 saturated carbocycles. The fourth-order valence-electron chi connectivity index (χ4n) is 1.41. The van der Waals surface area contributed by atoms with E-state index in [4.69, 9.17) is 5.73 Å². The SMILES string of the molecule is Cc1ccc(NC(=O)[C@H](N)C(C)C)cc1[N+](=O)[O-].Cl. The van der Waals surface area contributed by atoms with Crippen molar-refractivity contribution in [2.45, 2.75) is 26.8 Å². The molecule has 19 heavy (non-hydrogen) atoms. The third-order valence-corrected chi connectivity index (χ3v) is 2.69. The zero-order valence-corrected chi connectivity index (χ0v) is 11.9. The molecule has 1 rings (SSSR count). The molecule has 0 aliphatic heterocycles. The first kappa shape index (κ1) is 17.3.